The van der Waals surface area contributed by atoms with E-state index in [2.05, 4.69) is 5.32 Å². The van der Waals surface area contributed by atoms with E-state index in [-0.39, 0.29) is 17.9 Å². The van der Waals surface area contributed by atoms with Gasteiger partial charge in [0.15, 0.2) is 0 Å². The molecular formula is C23H26N2O2. The van der Waals surface area contributed by atoms with E-state index in [9.17, 15) is 9.59 Å². The number of amides is 2. The van der Waals surface area contributed by atoms with Crippen LogP contribution in [-0.2, 0) is 16.1 Å². The highest BCUT2D eigenvalue weighted by atomic mass is 16.2. The Balaban J connectivity index is 1.66. The zero-order valence-corrected chi connectivity index (χ0v) is 15.7. The Bertz CT molecular complexity index is 800. The van der Waals surface area contributed by atoms with Crippen molar-refractivity contribution in [3.8, 4) is 0 Å². The third-order valence-corrected chi connectivity index (χ3v) is 4.97. The van der Waals surface area contributed by atoms with Crippen LogP contribution in [0.4, 0.5) is 0 Å². The van der Waals surface area contributed by atoms with Gasteiger partial charge in [-0.3, -0.25) is 9.59 Å². The van der Waals surface area contributed by atoms with Gasteiger partial charge >= 0.3 is 0 Å². The quantitative estimate of drug-likeness (QED) is 0.795. The molecule has 2 amide bonds. The van der Waals surface area contributed by atoms with E-state index >= 15 is 0 Å². The van der Waals surface area contributed by atoms with Crippen molar-refractivity contribution in [2.75, 3.05) is 6.54 Å². The standard InChI is InChI=1S/C23H26N2O2/c1-2-19(20-12-7-4-8-13-20)16-22(26)25-15-9-14-21(25)23(27)24-17-18-10-5-3-6-11-18/h3-8,10-13,16,21H,2,9,14-15,17H2,1H3,(H,24,27)/b19-16+/t21-/m1/s1. The summed E-state index contributed by atoms with van der Waals surface area (Å²) in [5.74, 6) is -0.149. The fraction of sp³-hybridized carbons (Fsp3) is 0.304. The predicted octanol–water partition coefficient (Wildman–Crippen LogP) is 3.79. The number of rotatable bonds is 6. The molecule has 140 valence electrons. The first kappa shape index (κ1) is 18.9. The molecule has 1 heterocycles. The molecule has 0 bridgehead atoms. The van der Waals surface area contributed by atoms with Gasteiger partial charge in [0.1, 0.15) is 6.04 Å². The number of hydrogen-bond donors (Lipinski definition) is 1. The minimum atomic E-state index is -0.383. The van der Waals surface area contributed by atoms with Crippen molar-refractivity contribution in [3.63, 3.8) is 0 Å². The van der Waals surface area contributed by atoms with Crippen LogP contribution in [0.3, 0.4) is 0 Å². The number of nitrogens with one attached hydrogen (secondary N) is 1. The Kier molecular flexibility index (Phi) is 6.42. The number of benzene rings is 2. The van der Waals surface area contributed by atoms with Crippen LogP contribution < -0.4 is 5.32 Å². The molecule has 2 aromatic rings. The number of carbonyl (C=O) groups excluding carboxylic acids is 2. The summed E-state index contributed by atoms with van der Waals surface area (Å²) in [4.78, 5) is 27.2. The fourth-order valence-corrected chi connectivity index (χ4v) is 3.48. The van der Waals surface area contributed by atoms with E-state index in [1.165, 1.54) is 0 Å². The summed E-state index contributed by atoms with van der Waals surface area (Å²) in [7, 11) is 0. The van der Waals surface area contributed by atoms with Crippen LogP contribution >= 0.6 is 0 Å². The molecule has 0 aromatic heterocycles. The molecule has 3 rings (SSSR count). The second kappa shape index (κ2) is 9.17. The normalized spacial score (nSPS) is 17.0. The van der Waals surface area contributed by atoms with Crippen molar-refractivity contribution < 1.29 is 9.59 Å². The van der Waals surface area contributed by atoms with Gasteiger partial charge in [-0.1, -0.05) is 67.6 Å². The van der Waals surface area contributed by atoms with Crippen molar-refractivity contribution in [1.82, 2.24) is 10.2 Å². The first-order valence-corrected chi connectivity index (χ1v) is 9.57. The third-order valence-electron chi connectivity index (χ3n) is 4.97. The molecule has 1 saturated heterocycles. The van der Waals surface area contributed by atoms with Gasteiger partial charge in [0.25, 0.3) is 0 Å². The van der Waals surface area contributed by atoms with Gasteiger partial charge in [0.2, 0.25) is 11.8 Å². The fourth-order valence-electron chi connectivity index (χ4n) is 3.48. The largest absolute Gasteiger partial charge is 0.350 e. The smallest absolute Gasteiger partial charge is 0.247 e. The Morgan fingerprint density at radius 2 is 1.74 bits per heavy atom. The number of hydrogen-bond acceptors (Lipinski definition) is 2. The third kappa shape index (κ3) is 4.85. The molecule has 0 spiro atoms. The van der Waals surface area contributed by atoms with Gasteiger partial charge in [0, 0.05) is 19.2 Å². The maximum atomic E-state index is 12.8. The van der Waals surface area contributed by atoms with Gasteiger partial charge in [-0.05, 0) is 36.0 Å². The molecular weight excluding hydrogens is 336 g/mol. The Hall–Kier alpha value is -2.88. The zero-order chi connectivity index (χ0) is 19.1. The van der Waals surface area contributed by atoms with Crippen LogP contribution in [0.15, 0.2) is 66.7 Å². The van der Waals surface area contributed by atoms with E-state index in [4.69, 9.17) is 0 Å². The minimum Gasteiger partial charge on any atom is -0.350 e. The average Bonchev–Trinajstić information content (AvgIpc) is 3.21. The van der Waals surface area contributed by atoms with Gasteiger partial charge in [-0.15, -0.1) is 0 Å². The van der Waals surface area contributed by atoms with Gasteiger partial charge in [-0.2, -0.15) is 0 Å². The summed E-state index contributed by atoms with van der Waals surface area (Å²) >= 11 is 0. The summed E-state index contributed by atoms with van der Waals surface area (Å²) in [5.41, 5.74) is 3.10. The zero-order valence-electron chi connectivity index (χ0n) is 15.7. The lowest BCUT2D eigenvalue weighted by molar-refractivity contribution is -0.135. The van der Waals surface area contributed by atoms with E-state index < -0.39 is 0 Å². The lowest BCUT2D eigenvalue weighted by atomic mass is 10.0. The molecule has 1 atom stereocenters. The maximum absolute atomic E-state index is 12.8. The lowest BCUT2D eigenvalue weighted by Gasteiger charge is -2.23. The summed E-state index contributed by atoms with van der Waals surface area (Å²) in [6.07, 6.45) is 4.04. The van der Waals surface area contributed by atoms with Crippen LogP contribution in [-0.4, -0.2) is 29.3 Å². The minimum absolute atomic E-state index is 0.0733. The molecule has 0 unspecified atom stereocenters. The highest BCUT2D eigenvalue weighted by Gasteiger charge is 2.33. The van der Waals surface area contributed by atoms with Gasteiger partial charge < -0.3 is 10.2 Å². The Morgan fingerprint density at radius 1 is 1.07 bits per heavy atom. The first-order valence-electron chi connectivity index (χ1n) is 9.57. The average molecular weight is 362 g/mol. The Morgan fingerprint density at radius 3 is 2.41 bits per heavy atom. The first-order chi connectivity index (χ1) is 13.2. The van der Waals surface area contributed by atoms with Crippen LogP contribution in [0.2, 0.25) is 0 Å². The highest BCUT2D eigenvalue weighted by Crippen LogP contribution is 2.22. The molecule has 2 aromatic carbocycles. The summed E-state index contributed by atoms with van der Waals surface area (Å²) in [6, 6.07) is 19.4. The predicted molar refractivity (Wildman–Crippen MR) is 108 cm³/mol. The van der Waals surface area contributed by atoms with Crippen molar-refractivity contribution in [3.05, 3.63) is 77.9 Å². The molecule has 1 N–H and O–H groups in total. The molecule has 0 saturated carbocycles. The molecule has 1 aliphatic rings. The summed E-state index contributed by atoms with van der Waals surface area (Å²) in [6.45, 7) is 3.16. The second-order valence-electron chi connectivity index (χ2n) is 6.78. The molecule has 27 heavy (non-hydrogen) atoms. The lowest BCUT2D eigenvalue weighted by Crippen LogP contribution is -2.45. The van der Waals surface area contributed by atoms with E-state index in [0.717, 1.165) is 29.5 Å². The number of nitrogens with zero attached hydrogens (tertiary/aromatic N) is 1. The van der Waals surface area contributed by atoms with Crippen LogP contribution in [0.5, 0.6) is 0 Å². The molecule has 1 aliphatic heterocycles. The second-order valence-corrected chi connectivity index (χ2v) is 6.78. The van der Waals surface area contributed by atoms with Crippen molar-refractivity contribution >= 4 is 17.4 Å². The summed E-state index contributed by atoms with van der Waals surface area (Å²) in [5, 5.41) is 2.97. The number of allylic oxidation sites excluding steroid dienone is 1. The van der Waals surface area contributed by atoms with E-state index in [1.807, 2.05) is 67.6 Å². The molecule has 4 nitrogen and oxygen atoms in total. The van der Waals surface area contributed by atoms with Crippen molar-refractivity contribution in [1.29, 1.82) is 0 Å². The SMILES string of the molecule is CC/C(=C\C(=O)N1CCC[C@@H]1C(=O)NCc1ccccc1)c1ccccc1. The highest BCUT2D eigenvalue weighted by molar-refractivity contribution is 5.98. The van der Waals surface area contributed by atoms with Crippen LogP contribution in [0.1, 0.15) is 37.3 Å². The topological polar surface area (TPSA) is 49.4 Å². The Labute approximate surface area is 160 Å². The van der Waals surface area contributed by atoms with Gasteiger partial charge in [0.05, 0.1) is 0 Å². The van der Waals surface area contributed by atoms with E-state index in [0.29, 0.717) is 19.5 Å². The summed E-state index contributed by atoms with van der Waals surface area (Å²) < 4.78 is 0. The number of carbonyl (C=O) groups is 2. The molecule has 1 fully saturated rings. The van der Waals surface area contributed by atoms with Crippen LogP contribution in [0.25, 0.3) is 5.57 Å². The van der Waals surface area contributed by atoms with Crippen LogP contribution in [0, 0.1) is 0 Å². The monoisotopic (exact) mass is 362 g/mol. The van der Waals surface area contributed by atoms with Crippen molar-refractivity contribution in [2.45, 2.75) is 38.8 Å². The molecule has 0 aliphatic carbocycles. The number of likely N-dealkylation sites (tertiary alicyclic amines) is 1. The van der Waals surface area contributed by atoms with E-state index in [1.54, 1.807) is 11.0 Å². The molecule has 0 radical (unpaired) electrons. The maximum Gasteiger partial charge on any atom is 0.247 e. The molecule has 4 heteroatoms. The van der Waals surface area contributed by atoms with Gasteiger partial charge in [-0.25, -0.2) is 0 Å². The van der Waals surface area contributed by atoms with Crippen molar-refractivity contribution in [2.24, 2.45) is 0 Å².